The Bertz CT molecular complexity index is 434. The minimum atomic E-state index is -0.735. The number of carbonyl (C=O) groups excluding carboxylic acids is 2. The average Bonchev–Trinajstić information content (AvgIpc) is 2.34. The van der Waals surface area contributed by atoms with E-state index in [1.165, 1.54) is 0 Å². The number of ether oxygens (including phenoxy) is 2. The SMILES string of the molecule is COc1ccc(C(C=O)NC(=O)OC(C)(C)C)cc1. The molecule has 0 aliphatic rings. The molecule has 19 heavy (non-hydrogen) atoms. The molecule has 1 atom stereocenters. The summed E-state index contributed by atoms with van der Waals surface area (Å²) in [7, 11) is 1.56. The van der Waals surface area contributed by atoms with Crippen LogP contribution in [0.5, 0.6) is 5.75 Å². The maximum Gasteiger partial charge on any atom is 0.408 e. The molecule has 1 amide bonds. The number of nitrogens with one attached hydrogen (secondary N) is 1. The molecule has 0 aliphatic heterocycles. The highest BCUT2D eigenvalue weighted by Gasteiger charge is 2.20. The van der Waals surface area contributed by atoms with Gasteiger partial charge in [-0.2, -0.15) is 0 Å². The molecule has 1 aromatic rings. The molecule has 0 bridgehead atoms. The molecule has 0 aliphatic carbocycles. The summed E-state index contributed by atoms with van der Waals surface area (Å²) in [4.78, 5) is 22.7. The predicted molar refractivity (Wildman–Crippen MR) is 71.2 cm³/mol. The van der Waals surface area contributed by atoms with E-state index in [-0.39, 0.29) is 0 Å². The Morgan fingerprint density at radius 2 is 1.84 bits per heavy atom. The van der Waals surface area contributed by atoms with Crippen LogP contribution in [0.2, 0.25) is 0 Å². The zero-order chi connectivity index (χ0) is 14.5. The smallest absolute Gasteiger partial charge is 0.408 e. The van der Waals surface area contributed by atoms with Crippen molar-refractivity contribution in [3.63, 3.8) is 0 Å². The van der Waals surface area contributed by atoms with E-state index < -0.39 is 17.7 Å². The number of benzene rings is 1. The van der Waals surface area contributed by atoms with Crippen LogP contribution < -0.4 is 10.1 Å². The van der Waals surface area contributed by atoms with Crippen LogP contribution in [0.25, 0.3) is 0 Å². The van der Waals surface area contributed by atoms with Crippen LogP contribution in [0.4, 0.5) is 4.79 Å². The third-order valence-electron chi connectivity index (χ3n) is 2.28. The van der Waals surface area contributed by atoms with E-state index in [1.807, 2.05) is 0 Å². The first-order valence-corrected chi connectivity index (χ1v) is 5.94. The maximum absolute atomic E-state index is 11.6. The zero-order valence-electron chi connectivity index (χ0n) is 11.6. The van der Waals surface area contributed by atoms with Crippen LogP contribution in [0.15, 0.2) is 24.3 Å². The Hall–Kier alpha value is -2.04. The number of aldehydes is 1. The van der Waals surface area contributed by atoms with Crippen molar-refractivity contribution >= 4 is 12.4 Å². The van der Waals surface area contributed by atoms with Crippen molar-refractivity contribution < 1.29 is 19.1 Å². The largest absolute Gasteiger partial charge is 0.497 e. The third kappa shape index (κ3) is 4.99. The van der Waals surface area contributed by atoms with Gasteiger partial charge in [-0.05, 0) is 38.5 Å². The number of hydrogen-bond acceptors (Lipinski definition) is 4. The first-order valence-electron chi connectivity index (χ1n) is 5.94. The van der Waals surface area contributed by atoms with E-state index in [9.17, 15) is 9.59 Å². The summed E-state index contributed by atoms with van der Waals surface area (Å²) >= 11 is 0. The summed E-state index contributed by atoms with van der Waals surface area (Å²) in [6.45, 7) is 5.28. The predicted octanol–water partition coefficient (Wildman–Crippen LogP) is 2.46. The van der Waals surface area contributed by atoms with Gasteiger partial charge in [0.1, 0.15) is 23.7 Å². The van der Waals surface area contributed by atoms with Crippen molar-refractivity contribution in [1.82, 2.24) is 5.32 Å². The van der Waals surface area contributed by atoms with Crippen molar-refractivity contribution in [2.75, 3.05) is 7.11 Å². The molecule has 1 unspecified atom stereocenters. The molecule has 1 aromatic carbocycles. The molecule has 0 aromatic heterocycles. The van der Waals surface area contributed by atoms with Crippen molar-refractivity contribution in [3.05, 3.63) is 29.8 Å². The summed E-state index contributed by atoms with van der Waals surface area (Å²) < 4.78 is 10.1. The molecule has 0 heterocycles. The van der Waals surface area contributed by atoms with E-state index in [0.29, 0.717) is 17.6 Å². The fourth-order valence-electron chi connectivity index (χ4n) is 1.44. The number of methoxy groups -OCH3 is 1. The van der Waals surface area contributed by atoms with Crippen LogP contribution in [-0.2, 0) is 9.53 Å². The fourth-order valence-corrected chi connectivity index (χ4v) is 1.44. The third-order valence-corrected chi connectivity index (χ3v) is 2.28. The summed E-state index contributed by atoms with van der Waals surface area (Å²) in [5.41, 5.74) is 0.0684. The van der Waals surface area contributed by atoms with Crippen molar-refractivity contribution in [2.45, 2.75) is 32.4 Å². The van der Waals surface area contributed by atoms with Crippen LogP contribution in [-0.4, -0.2) is 25.1 Å². The van der Waals surface area contributed by atoms with Gasteiger partial charge in [-0.15, -0.1) is 0 Å². The highest BCUT2D eigenvalue weighted by atomic mass is 16.6. The van der Waals surface area contributed by atoms with Gasteiger partial charge in [0.05, 0.1) is 7.11 Å². The lowest BCUT2D eigenvalue weighted by molar-refractivity contribution is -0.109. The van der Waals surface area contributed by atoms with E-state index in [4.69, 9.17) is 9.47 Å². The van der Waals surface area contributed by atoms with E-state index in [2.05, 4.69) is 5.32 Å². The number of amides is 1. The Labute approximate surface area is 112 Å². The topological polar surface area (TPSA) is 64.6 Å². The van der Waals surface area contributed by atoms with Gasteiger partial charge in [-0.1, -0.05) is 12.1 Å². The molecule has 0 saturated carbocycles. The van der Waals surface area contributed by atoms with Crippen LogP contribution in [0, 0.1) is 0 Å². The molecule has 5 nitrogen and oxygen atoms in total. The van der Waals surface area contributed by atoms with E-state index in [0.717, 1.165) is 0 Å². The number of rotatable bonds is 4. The fraction of sp³-hybridized carbons (Fsp3) is 0.429. The second-order valence-electron chi connectivity index (χ2n) is 5.03. The van der Waals surface area contributed by atoms with Gasteiger partial charge < -0.3 is 19.6 Å². The Morgan fingerprint density at radius 1 is 1.26 bits per heavy atom. The molecule has 0 radical (unpaired) electrons. The van der Waals surface area contributed by atoms with E-state index in [1.54, 1.807) is 52.1 Å². The van der Waals surface area contributed by atoms with Gasteiger partial charge in [-0.3, -0.25) is 0 Å². The molecule has 1 N–H and O–H groups in total. The lowest BCUT2D eigenvalue weighted by Gasteiger charge is -2.21. The zero-order valence-corrected chi connectivity index (χ0v) is 11.6. The lowest BCUT2D eigenvalue weighted by atomic mass is 10.1. The molecular formula is C14H19NO4. The molecule has 1 rings (SSSR count). The van der Waals surface area contributed by atoms with Gasteiger partial charge in [0.2, 0.25) is 0 Å². The number of hydrogen-bond donors (Lipinski definition) is 1. The quantitative estimate of drug-likeness (QED) is 0.849. The minimum absolute atomic E-state index is 0.600. The minimum Gasteiger partial charge on any atom is -0.497 e. The van der Waals surface area contributed by atoms with Gasteiger partial charge in [-0.25, -0.2) is 4.79 Å². The Balaban J connectivity index is 2.72. The van der Waals surface area contributed by atoms with Crippen molar-refractivity contribution in [2.24, 2.45) is 0 Å². The molecule has 5 heteroatoms. The summed E-state index contributed by atoms with van der Waals surface area (Å²) in [5.74, 6) is 0.686. The van der Waals surface area contributed by atoms with Crippen LogP contribution >= 0.6 is 0 Å². The maximum atomic E-state index is 11.6. The second kappa shape index (κ2) is 6.22. The van der Waals surface area contributed by atoms with Gasteiger partial charge in [0, 0.05) is 0 Å². The highest BCUT2D eigenvalue weighted by molar-refractivity contribution is 5.74. The number of alkyl carbamates (subject to hydrolysis) is 1. The van der Waals surface area contributed by atoms with E-state index >= 15 is 0 Å². The normalized spacial score (nSPS) is 12.4. The van der Waals surface area contributed by atoms with Crippen molar-refractivity contribution in [3.8, 4) is 5.75 Å². The summed E-state index contributed by atoms with van der Waals surface area (Å²) in [6.07, 6.45) is 0.0338. The lowest BCUT2D eigenvalue weighted by Crippen LogP contribution is -2.35. The summed E-state index contributed by atoms with van der Waals surface area (Å²) in [5, 5.41) is 2.51. The molecule has 104 valence electrons. The molecule has 0 saturated heterocycles. The Morgan fingerprint density at radius 3 is 2.26 bits per heavy atom. The number of carbonyl (C=O) groups is 2. The standard InChI is InChI=1S/C14H19NO4/c1-14(2,3)19-13(17)15-12(9-16)10-5-7-11(18-4)8-6-10/h5-9,12H,1-4H3,(H,15,17). The van der Waals surface area contributed by atoms with Crippen molar-refractivity contribution in [1.29, 1.82) is 0 Å². The highest BCUT2D eigenvalue weighted by Crippen LogP contribution is 2.17. The average molecular weight is 265 g/mol. The van der Waals surface area contributed by atoms with Gasteiger partial charge in [0.15, 0.2) is 0 Å². The Kier molecular flexibility index (Phi) is 4.92. The first kappa shape index (κ1) is 15.0. The molecule has 0 fully saturated rings. The first-order chi connectivity index (χ1) is 8.85. The molecular weight excluding hydrogens is 246 g/mol. The monoisotopic (exact) mass is 265 g/mol. The van der Waals surface area contributed by atoms with Crippen LogP contribution in [0.3, 0.4) is 0 Å². The second-order valence-corrected chi connectivity index (χ2v) is 5.03. The van der Waals surface area contributed by atoms with Gasteiger partial charge >= 0.3 is 6.09 Å². The summed E-state index contributed by atoms with van der Waals surface area (Å²) in [6, 6.07) is 6.15. The van der Waals surface area contributed by atoms with Gasteiger partial charge in [0.25, 0.3) is 0 Å². The van der Waals surface area contributed by atoms with Crippen LogP contribution in [0.1, 0.15) is 32.4 Å². The molecule has 0 spiro atoms.